The highest BCUT2D eigenvalue weighted by Crippen LogP contribution is 2.42. The molecule has 0 aromatic heterocycles. The van der Waals surface area contributed by atoms with Gasteiger partial charge in [0.15, 0.2) is 0 Å². The monoisotopic (exact) mass is 280 g/mol. The first kappa shape index (κ1) is 14.3. The van der Waals surface area contributed by atoms with Crippen LogP contribution in [0.2, 0.25) is 0 Å². The molecule has 0 aliphatic heterocycles. The van der Waals surface area contributed by atoms with Crippen molar-refractivity contribution in [1.82, 2.24) is 0 Å². The normalized spacial score (nSPS) is 26.1. The van der Waals surface area contributed by atoms with Gasteiger partial charge in [-0.3, -0.25) is 10.1 Å². The van der Waals surface area contributed by atoms with Gasteiger partial charge in [0.25, 0.3) is 5.69 Å². The number of benzene rings is 1. The Balaban J connectivity index is 2.05. The van der Waals surface area contributed by atoms with Gasteiger partial charge in [-0.05, 0) is 36.8 Å². The molecular weight excluding hydrogens is 260 g/mol. The zero-order chi connectivity index (χ0) is 14.0. The Morgan fingerprint density at radius 1 is 1.37 bits per heavy atom. The number of non-ortho nitro benzene ring substituents is 1. The van der Waals surface area contributed by atoms with E-state index in [2.05, 4.69) is 13.8 Å². The van der Waals surface area contributed by atoms with Crippen molar-refractivity contribution < 1.29 is 4.92 Å². The van der Waals surface area contributed by atoms with Gasteiger partial charge in [0.1, 0.15) is 0 Å². The lowest BCUT2D eigenvalue weighted by molar-refractivity contribution is -0.384. The molecule has 1 saturated carbocycles. The molecule has 1 aromatic carbocycles. The third-order valence-electron chi connectivity index (χ3n) is 3.72. The average molecular weight is 280 g/mol. The summed E-state index contributed by atoms with van der Waals surface area (Å²) in [6, 6.07) is 6.96. The van der Waals surface area contributed by atoms with Crippen LogP contribution in [0.1, 0.15) is 33.1 Å². The summed E-state index contributed by atoms with van der Waals surface area (Å²) in [5, 5.41) is 11.0. The van der Waals surface area contributed by atoms with E-state index >= 15 is 0 Å². The molecule has 0 bridgehead atoms. The van der Waals surface area contributed by atoms with Crippen LogP contribution in [0.25, 0.3) is 0 Å². The smallest absolute Gasteiger partial charge is 0.269 e. The van der Waals surface area contributed by atoms with Gasteiger partial charge in [-0.1, -0.05) is 13.8 Å². The summed E-state index contributed by atoms with van der Waals surface area (Å²) in [4.78, 5) is 11.3. The Morgan fingerprint density at radius 3 is 2.58 bits per heavy atom. The van der Waals surface area contributed by atoms with Gasteiger partial charge in [-0.25, -0.2) is 0 Å². The fraction of sp³-hybridized carbons (Fsp3) is 0.571. The molecule has 1 aliphatic carbocycles. The average Bonchev–Trinajstić information content (AvgIpc) is 2.34. The highest BCUT2D eigenvalue weighted by Gasteiger charge is 2.33. The first-order valence-corrected chi connectivity index (χ1v) is 7.42. The van der Waals surface area contributed by atoms with Gasteiger partial charge in [0, 0.05) is 28.3 Å². The lowest BCUT2D eigenvalue weighted by Gasteiger charge is -2.38. The van der Waals surface area contributed by atoms with E-state index in [1.54, 1.807) is 23.9 Å². The van der Waals surface area contributed by atoms with Crippen molar-refractivity contribution in [2.24, 2.45) is 11.1 Å². The molecule has 0 saturated heterocycles. The molecule has 2 atom stereocenters. The molecule has 2 unspecified atom stereocenters. The zero-order valence-corrected chi connectivity index (χ0v) is 12.2. The van der Waals surface area contributed by atoms with Crippen LogP contribution in [0.5, 0.6) is 0 Å². The van der Waals surface area contributed by atoms with E-state index in [4.69, 9.17) is 5.73 Å². The molecule has 104 valence electrons. The van der Waals surface area contributed by atoms with Crippen molar-refractivity contribution in [3.05, 3.63) is 34.4 Å². The number of hydrogen-bond acceptors (Lipinski definition) is 4. The fourth-order valence-corrected chi connectivity index (χ4v) is 3.98. The predicted octanol–water partition coefficient (Wildman–Crippen LogP) is 3.59. The van der Waals surface area contributed by atoms with Gasteiger partial charge in [-0.2, -0.15) is 0 Å². The first-order chi connectivity index (χ1) is 8.87. The Kier molecular flexibility index (Phi) is 4.16. The Morgan fingerprint density at radius 2 is 2.00 bits per heavy atom. The molecule has 19 heavy (non-hydrogen) atoms. The number of nitro benzene ring substituents is 1. The molecule has 0 spiro atoms. The number of nitrogens with zero attached hydrogens (tertiary/aromatic N) is 1. The molecule has 2 rings (SSSR count). The van der Waals surface area contributed by atoms with Gasteiger partial charge < -0.3 is 5.73 Å². The Hall–Kier alpha value is -1.07. The van der Waals surface area contributed by atoms with E-state index in [0.717, 1.165) is 17.7 Å². The molecule has 1 aliphatic rings. The summed E-state index contributed by atoms with van der Waals surface area (Å²) in [7, 11) is 0. The minimum Gasteiger partial charge on any atom is -0.327 e. The van der Waals surface area contributed by atoms with Crippen LogP contribution in [-0.4, -0.2) is 16.2 Å². The van der Waals surface area contributed by atoms with Crippen LogP contribution in [0.15, 0.2) is 29.2 Å². The summed E-state index contributed by atoms with van der Waals surface area (Å²) in [6.45, 7) is 4.56. The number of thioether (sulfide) groups is 1. The maximum absolute atomic E-state index is 10.6. The lowest BCUT2D eigenvalue weighted by Crippen LogP contribution is -2.41. The third-order valence-corrected chi connectivity index (χ3v) is 5.08. The molecule has 4 nitrogen and oxygen atoms in total. The second-order valence-corrected chi connectivity index (χ2v) is 7.29. The predicted molar refractivity (Wildman–Crippen MR) is 78.3 cm³/mol. The van der Waals surface area contributed by atoms with Crippen LogP contribution in [0, 0.1) is 15.5 Å². The van der Waals surface area contributed by atoms with E-state index in [0.29, 0.717) is 10.7 Å². The van der Waals surface area contributed by atoms with Gasteiger partial charge in [-0.15, -0.1) is 11.8 Å². The lowest BCUT2D eigenvalue weighted by atomic mass is 9.75. The molecule has 0 heterocycles. The summed E-state index contributed by atoms with van der Waals surface area (Å²) in [5.74, 6) is 0. The Labute approximate surface area is 117 Å². The van der Waals surface area contributed by atoms with E-state index < -0.39 is 0 Å². The zero-order valence-electron chi connectivity index (χ0n) is 11.3. The van der Waals surface area contributed by atoms with Crippen LogP contribution in [-0.2, 0) is 0 Å². The minimum atomic E-state index is -0.371. The summed E-state index contributed by atoms with van der Waals surface area (Å²) in [5.41, 5.74) is 6.68. The van der Waals surface area contributed by atoms with Gasteiger partial charge >= 0.3 is 0 Å². The molecule has 0 amide bonds. The van der Waals surface area contributed by atoms with Crippen LogP contribution < -0.4 is 5.73 Å². The van der Waals surface area contributed by atoms with Gasteiger partial charge in [0.05, 0.1) is 4.92 Å². The van der Waals surface area contributed by atoms with E-state index in [1.165, 1.54) is 6.42 Å². The number of hydrogen-bond donors (Lipinski definition) is 1. The largest absolute Gasteiger partial charge is 0.327 e. The third kappa shape index (κ3) is 3.70. The van der Waals surface area contributed by atoms with Crippen molar-refractivity contribution in [3.63, 3.8) is 0 Å². The van der Waals surface area contributed by atoms with Crippen molar-refractivity contribution in [1.29, 1.82) is 0 Å². The summed E-state index contributed by atoms with van der Waals surface area (Å²) < 4.78 is 0. The maximum atomic E-state index is 10.6. The van der Waals surface area contributed by atoms with Gasteiger partial charge in [0.2, 0.25) is 0 Å². The quantitative estimate of drug-likeness (QED) is 0.678. The molecule has 1 fully saturated rings. The van der Waals surface area contributed by atoms with Crippen molar-refractivity contribution in [2.45, 2.75) is 49.3 Å². The maximum Gasteiger partial charge on any atom is 0.269 e. The van der Waals surface area contributed by atoms with Crippen molar-refractivity contribution >= 4 is 17.4 Å². The van der Waals surface area contributed by atoms with Crippen molar-refractivity contribution in [2.75, 3.05) is 0 Å². The second-order valence-electron chi connectivity index (χ2n) is 5.98. The molecule has 1 aromatic rings. The Bertz CT molecular complexity index is 459. The molecule has 5 heteroatoms. The topological polar surface area (TPSA) is 69.2 Å². The number of rotatable bonds is 3. The van der Waals surface area contributed by atoms with Crippen molar-refractivity contribution in [3.8, 4) is 0 Å². The highest BCUT2D eigenvalue weighted by atomic mass is 32.2. The van der Waals surface area contributed by atoms with E-state index in [-0.39, 0.29) is 16.7 Å². The second kappa shape index (κ2) is 5.51. The standard InChI is InChI=1S/C14H20N2O2S/c1-14(2)8-7-12(15)13(9-14)19-11-5-3-10(4-6-11)16(17)18/h3-6,12-13H,7-9,15H2,1-2H3. The molecular formula is C14H20N2O2S. The highest BCUT2D eigenvalue weighted by molar-refractivity contribution is 8.00. The number of nitro groups is 1. The minimum absolute atomic E-state index is 0.137. The van der Waals surface area contributed by atoms with E-state index in [9.17, 15) is 10.1 Å². The van der Waals surface area contributed by atoms with Crippen LogP contribution in [0.3, 0.4) is 0 Å². The fourth-order valence-electron chi connectivity index (χ4n) is 2.49. The molecule has 0 radical (unpaired) electrons. The van der Waals surface area contributed by atoms with Crippen LogP contribution in [0.4, 0.5) is 5.69 Å². The molecule has 2 N–H and O–H groups in total. The number of nitrogens with two attached hydrogens (primary N) is 1. The van der Waals surface area contributed by atoms with E-state index in [1.807, 2.05) is 12.1 Å². The van der Waals surface area contributed by atoms with Crippen LogP contribution >= 0.6 is 11.8 Å². The SMILES string of the molecule is CC1(C)CCC(N)C(Sc2ccc([N+](=O)[O-])cc2)C1. The summed E-state index contributed by atoms with van der Waals surface area (Å²) >= 11 is 1.75. The first-order valence-electron chi connectivity index (χ1n) is 6.54. The summed E-state index contributed by atoms with van der Waals surface area (Å²) in [6.07, 6.45) is 3.32.